The van der Waals surface area contributed by atoms with Gasteiger partial charge in [0.25, 0.3) is 0 Å². The number of hydrogen-bond donors (Lipinski definition) is 0. The summed E-state index contributed by atoms with van der Waals surface area (Å²) in [5.41, 5.74) is 1.99. The second-order valence-electron chi connectivity index (χ2n) is 2.36. The monoisotopic (exact) mass is 166 g/mol. The van der Waals surface area contributed by atoms with E-state index in [1.807, 2.05) is 41.3 Å². The maximum atomic E-state index is 3.88. The molecule has 0 aliphatic rings. The van der Waals surface area contributed by atoms with Crippen molar-refractivity contribution in [1.82, 2.24) is 0 Å². The van der Waals surface area contributed by atoms with E-state index in [2.05, 4.69) is 19.8 Å². The predicted octanol–water partition coefficient (Wildman–Crippen LogP) is 1.87. The van der Waals surface area contributed by atoms with Gasteiger partial charge in [-0.2, -0.15) is 0 Å². The summed E-state index contributed by atoms with van der Waals surface area (Å²) < 4.78 is 1.99. The number of allylic oxidation sites excluding steroid dienone is 3. The largest absolute Gasteiger partial charge is 0.369 e. The van der Waals surface area contributed by atoms with Crippen molar-refractivity contribution in [3.05, 3.63) is 36.7 Å². The molecule has 11 heavy (non-hydrogen) atoms. The highest BCUT2D eigenvalue weighted by Crippen LogP contribution is 1.86. The van der Waals surface area contributed by atoms with E-state index in [0.29, 0.717) is 0 Å². The SMILES string of the molecule is C=C[SiH](C)[N+](=C)/C=C\C=C/C. The fraction of sp³-hybridized carbons (Fsp3) is 0.222. The molecule has 0 fully saturated rings. The molecule has 0 radical (unpaired) electrons. The number of rotatable bonds is 4. The summed E-state index contributed by atoms with van der Waals surface area (Å²) in [5, 5.41) is 0. The highest BCUT2D eigenvalue weighted by Gasteiger charge is 2.07. The highest BCUT2D eigenvalue weighted by molar-refractivity contribution is 6.54. The molecule has 0 aromatic heterocycles. The number of hydrogen-bond acceptors (Lipinski definition) is 0. The summed E-state index contributed by atoms with van der Waals surface area (Å²) in [7, 11) is -0.953. The summed E-state index contributed by atoms with van der Waals surface area (Å²) in [6.07, 6.45) is 7.95. The normalized spacial score (nSPS) is 14.0. The summed E-state index contributed by atoms with van der Waals surface area (Å²) >= 11 is 0. The lowest BCUT2D eigenvalue weighted by molar-refractivity contribution is -0.291. The van der Waals surface area contributed by atoms with Gasteiger partial charge in [0.2, 0.25) is 0 Å². The molecule has 0 rings (SSSR count). The van der Waals surface area contributed by atoms with Gasteiger partial charge in [-0.1, -0.05) is 12.2 Å². The van der Waals surface area contributed by atoms with Crippen molar-refractivity contribution in [2.75, 3.05) is 0 Å². The van der Waals surface area contributed by atoms with Crippen LogP contribution in [0.15, 0.2) is 36.7 Å². The maximum Gasteiger partial charge on any atom is 0.369 e. The average Bonchev–Trinajstić information content (AvgIpc) is 2.03. The third-order valence-electron chi connectivity index (χ3n) is 1.45. The van der Waals surface area contributed by atoms with Gasteiger partial charge in [0.1, 0.15) is 12.9 Å². The first-order valence-electron chi connectivity index (χ1n) is 3.73. The molecular weight excluding hydrogens is 150 g/mol. The van der Waals surface area contributed by atoms with Crippen LogP contribution in [0.3, 0.4) is 0 Å². The lowest BCUT2D eigenvalue weighted by Crippen LogP contribution is -2.18. The summed E-state index contributed by atoms with van der Waals surface area (Å²) in [5.74, 6) is 0. The quantitative estimate of drug-likeness (QED) is 0.341. The van der Waals surface area contributed by atoms with Crippen molar-refractivity contribution in [2.45, 2.75) is 13.5 Å². The molecule has 0 spiro atoms. The molecule has 0 aliphatic heterocycles. The molecule has 0 aliphatic carbocycles. The minimum atomic E-state index is -0.953. The van der Waals surface area contributed by atoms with Crippen LogP contribution in [0.1, 0.15) is 6.92 Å². The second-order valence-corrected chi connectivity index (χ2v) is 4.97. The first kappa shape index (κ1) is 10.1. The van der Waals surface area contributed by atoms with E-state index in [-0.39, 0.29) is 0 Å². The predicted molar refractivity (Wildman–Crippen MR) is 54.5 cm³/mol. The summed E-state index contributed by atoms with van der Waals surface area (Å²) in [6, 6.07) is 0. The lowest BCUT2D eigenvalue weighted by Gasteiger charge is -1.95. The molecule has 0 heterocycles. The van der Waals surface area contributed by atoms with Gasteiger partial charge < -0.3 is 0 Å². The smallest absolute Gasteiger partial charge is 0.285 e. The van der Waals surface area contributed by atoms with Crippen molar-refractivity contribution in [2.24, 2.45) is 0 Å². The van der Waals surface area contributed by atoms with E-state index in [9.17, 15) is 0 Å². The van der Waals surface area contributed by atoms with Gasteiger partial charge in [0.05, 0.1) is 0 Å². The molecule has 0 aromatic carbocycles. The Hall–Kier alpha value is -0.893. The molecule has 1 nitrogen and oxygen atoms in total. The number of nitrogens with zero attached hydrogens (tertiary/aromatic N) is 1. The van der Waals surface area contributed by atoms with Crippen LogP contribution in [0.4, 0.5) is 0 Å². The molecular formula is C9H16NSi+. The molecule has 0 aromatic rings. The minimum Gasteiger partial charge on any atom is -0.285 e. The second kappa shape index (κ2) is 5.86. The molecule has 1 unspecified atom stereocenters. The Morgan fingerprint density at radius 1 is 1.36 bits per heavy atom. The van der Waals surface area contributed by atoms with E-state index in [1.54, 1.807) is 0 Å². The van der Waals surface area contributed by atoms with Crippen LogP contribution in [-0.2, 0) is 0 Å². The molecule has 0 saturated heterocycles. The summed E-state index contributed by atoms with van der Waals surface area (Å²) in [6.45, 7) is 11.8. The molecule has 0 saturated carbocycles. The van der Waals surface area contributed by atoms with Crippen LogP contribution in [0.2, 0.25) is 6.55 Å². The van der Waals surface area contributed by atoms with Crippen LogP contribution in [0.5, 0.6) is 0 Å². The third kappa shape index (κ3) is 4.50. The third-order valence-corrected chi connectivity index (χ3v) is 3.35. The maximum absolute atomic E-state index is 3.88. The topological polar surface area (TPSA) is 3.01 Å². The van der Waals surface area contributed by atoms with Crippen molar-refractivity contribution >= 4 is 15.7 Å². The first-order chi connectivity index (χ1) is 5.22. The van der Waals surface area contributed by atoms with Crippen molar-refractivity contribution in [3.63, 3.8) is 0 Å². The van der Waals surface area contributed by atoms with Gasteiger partial charge in [-0.3, -0.25) is 4.24 Å². The Labute approximate surface area is 70.8 Å². The van der Waals surface area contributed by atoms with Crippen LogP contribution in [0.25, 0.3) is 0 Å². The highest BCUT2D eigenvalue weighted by atomic mass is 28.3. The van der Waals surface area contributed by atoms with Gasteiger partial charge in [0.15, 0.2) is 0 Å². The standard InChI is InChI=1S/C9H16NSi/c1-5-7-8-9-10(3)11(4)6-2/h5-9,11H,2-3H2,1,4H3/q+1/b7-5-,9-8-. The fourth-order valence-corrected chi connectivity index (χ4v) is 1.18. The van der Waals surface area contributed by atoms with Gasteiger partial charge in [-0.05, 0) is 25.2 Å². The van der Waals surface area contributed by atoms with Gasteiger partial charge in [0, 0.05) is 0 Å². The Morgan fingerprint density at radius 2 is 2.00 bits per heavy atom. The molecule has 60 valence electrons. The lowest BCUT2D eigenvalue weighted by atomic mass is 10.5. The van der Waals surface area contributed by atoms with Crippen molar-refractivity contribution in [1.29, 1.82) is 0 Å². The summed E-state index contributed by atoms with van der Waals surface area (Å²) in [4.78, 5) is 0. The zero-order chi connectivity index (χ0) is 8.69. The Morgan fingerprint density at radius 3 is 2.45 bits per heavy atom. The van der Waals surface area contributed by atoms with E-state index in [4.69, 9.17) is 0 Å². The van der Waals surface area contributed by atoms with Crippen LogP contribution >= 0.6 is 0 Å². The van der Waals surface area contributed by atoms with Crippen LogP contribution in [-0.4, -0.2) is 19.9 Å². The van der Waals surface area contributed by atoms with Gasteiger partial charge in [-0.15, -0.1) is 6.58 Å². The molecule has 0 N–H and O–H groups in total. The zero-order valence-electron chi connectivity index (χ0n) is 7.33. The van der Waals surface area contributed by atoms with Crippen molar-refractivity contribution < 1.29 is 4.24 Å². The molecule has 0 amide bonds. The van der Waals surface area contributed by atoms with Crippen LogP contribution in [0, 0.1) is 0 Å². The molecule has 2 heteroatoms. The van der Waals surface area contributed by atoms with Crippen LogP contribution < -0.4 is 0 Å². The fourth-order valence-electron chi connectivity index (χ4n) is 0.543. The minimum absolute atomic E-state index is 0.953. The molecule has 1 atom stereocenters. The Bertz CT molecular complexity index is 192. The first-order valence-corrected chi connectivity index (χ1v) is 6.07. The zero-order valence-corrected chi connectivity index (χ0v) is 8.48. The van der Waals surface area contributed by atoms with Gasteiger partial charge >= 0.3 is 8.96 Å². The van der Waals surface area contributed by atoms with E-state index in [0.717, 1.165) is 0 Å². The van der Waals surface area contributed by atoms with Crippen molar-refractivity contribution in [3.8, 4) is 0 Å². The van der Waals surface area contributed by atoms with E-state index < -0.39 is 8.96 Å². The van der Waals surface area contributed by atoms with Gasteiger partial charge in [-0.25, -0.2) is 0 Å². The van der Waals surface area contributed by atoms with E-state index in [1.165, 1.54) is 0 Å². The Kier molecular flexibility index (Phi) is 5.38. The Balaban J connectivity index is 3.95. The average molecular weight is 166 g/mol. The van der Waals surface area contributed by atoms with E-state index >= 15 is 0 Å². The molecule has 0 bridgehead atoms.